The number of amides is 3. The van der Waals surface area contributed by atoms with Crippen LogP contribution < -0.4 is 15.8 Å². The zero-order valence-corrected chi connectivity index (χ0v) is 14.9. The molecular formula is C15H18Cl2N2O5. The van der Waals surface area contributed by atoms with Crippen molar-refractivity contribution < 1.29 is 23.9 Å². The SMILES string of the molecule is CC(C)[C@H](OC(=O)[C@@H](C)Oc1ccc(Cl)cc1Cl)C(=O)NC(N)=O. The van der Waals surface area contributed by atoms with Crippen LogP contribution in [0.15, 0.2) is 18.2 Å². The van der Waals surface area contributed by atoms with Gasteiger partial charge in [0.05, 0.1) is 5.02 Å². The van der Waals surface area contributed by atoms with Crippen molar-refractivity contribution in [3.8, 4) is 5.75 Å². The Hall–Kier alpha value is -1.99. The Kier molecular flexibility index (Phi) is 7.31. The predicted octanol–water partition coefficient (Wildman–Crippen LogP) is 2.52. The van der Waals surface area contributed by atoms with Crippen LogP contribution in [0.4, 0.5) is 4.79 Å². The molecule has 0 radical (unpaired) electrons. The van der Waals surface area contributed by atoms with E-state index >= 15 is 0 Å². The lowest BCUT2D eigenvalue weighted by molar-refractivity contribution is -0.164. The summed E-state index contributed by atoms with van der Waals surface area (Å²) in [6, 6.07) is 3.50. The molecule has 9 heteroatoms. The Morgan fingerprint density at radius 3 is 2.29 bits per heavy atom. The van der Waals surface area contributed by atoms with Gasteiger partial charge in [-0.15, -0.1) is 0 Å². The molecule has 1 aromatic carbocycles. The first-order valence-electron chi connectivity index (χ1n) is 7.04. The van der Waals surface area contributed by atoms with Crippen LogP contribution in [0, 0.1) is 5.92 Å². The molecule has 0 spiro atoms. The first-order chi connectivity index (χ1) is 11.1. The number of halogens is 2. The van der Waals surface area contributed by atoms with Gasteiger partial charge >= 0.3 is 12.0 Å². The quantitative estimate of drug-likeness (QED) is 0.741. The largest absolute Gasteiger partial charge is 0.477 e. The molecule has 3 N–H and O–H groups in total. The summed E-state index contributed by atoms with van der Waals surface area (Å²) >= 11 is 11.7. The fourth-order valence-corrected chi connectivity index (χ4v) is 2.17. The number of carbonyl (C=O) groups is 3. The predicted molar refractivity (Wildman–Crippen MR) is 89.0 cm³/mol. The number of carbonyl (C=O) groups excluding carboxylic acids is 3. The van der Waals surface area contributed by atoms with Crippen LogP contribution in [0.1, 0.15) is 20.8 Å². The summed E-state index contributed by atoms with van der Waals surface area (Å²) in [5.74, 6) is -1.73. The number of hydrogen-bond acceptors (Lipinski definition) is 5. The topological polar surface area (TPSA) is 108 Å². The summed E-state index contributed by atoms with van der Waals surface area (Å²) in [6.45, 7) is 4.75. The van der Waals surface area contributed by atoms with Gasteiger partial charge in [0.25, 0.3) is 5.91 Å². The van der Waals surface area contributed by atoms with Crippen molar-refractivity contribution in [2.75, 3.05) is 0 Å². The van der Waals surface area contributed by atoms with Crippen molar-refractivity contribution in [1.29, 1.82) is 0 Å². The van der Waals surface area contributed by atoms with Crippen LogP contribution in [0.5, 0.6) is 5.75 Å². The van der Waals surface area contributed by atoms with Crippen molar-refractivity contribution in [2.24, 2.45) is 11.7 Å². The summed E-state index contributed by atoms with van der Waals surface area (Å²) in [7, 11) is 0. The molecule has 132 valence electrons. The van der Waals surface area contributed by atoms with E-state index in [-0.39, 0.29) is 16.7 Å². The molecule has 2 atom stereocenters. The second-order valence-electron chi connectivity index (χ2n) is 5.29. The molecule has 1 rings (SSSR count). The smallest absolute Gasteiger partial charge is 0.347 e. The molecule has 0 fully saturated rings. The van der Waals surface area contributed by atoms with Crippen molar-refractivity contribution >= 4 is 41.1 Å². The van der Waals surface area contributed by atoms with E-state index in [1.165, 1.54) is 19.1 Å². The third-order valence-electron chi connectivity index (χ3n) is 2.88. The molecule has 0 aromatic heterocycles. The molecule has 3 amide bonds. The fourth-order valence-electron chi connectivity index (χ4n) is 1.72. The number of hydrogen-bond donors (Lipinski definition) is 2. The van der Waals surface area contributed by atoms with Crippen molar-refractivity contribution in [2.45, 2.75) is 33.0 Å². The summed E-state index contributed by atoms with van der Waals surface area (Å²) in [4.78, 5) is 34.7. The molecule has 1 aromatic rings. The van der Waals surface area contributed by atoms with Crippen LogP contribution in [-0.2, 0) is 14.3 Å². The third-order valence-corrected chi connectivity index (χ3v) is 3.41. The molecule has 0 heterocycles. The minimum atomic E-state index is -1.18. The number of benzene rings is 1. The maximum absolute atomic E-state index is 12.1. The van der Waals surface area contributed by atoms with Gasteiger partial charge < -0.3 is 15.2 Å². The van der Waals surface area contributed by atoms with Crippen LogP contribution >= 0.6 is 23.2 Å². The average Bonchev–Trinajstić information content (AvgIpc) is 2.45. The summed E-state index contributed by atoms with van der Waals surface area (Å²) < 4.78 is 10.5. The second kappa shape index (κ2) is 8.75. The van der Waals surface area contributed by atoms with Gasteiger partial charge in [-0.2, -0.15) is 0 Å². The zero-order chi connectivity index (χ0) is 18.4. The van der Waals surface area contributed by atoms with Gasteiger partial charge in [-0.05, 0) is 31.0 Å². The van der Waals surface area contributed by atoms with Gasteiger partial charge in [0.1, 0.15) is 5.75 Å². The Bertz CT molecular complexity index is 636. The van der Waals surface area contributed by atoms with Crippen LogP contribution in [-0.4, -0.2) is 30.1 Å². The normalized spacial score (nSPS) is 13.1. The van der Waals surface area contributed by atoms with Gasteiger partial charge in [-0.1, -0.05) is 37.0 Å². The van der Waals surface area contributed by atoms with E-state index in [0.717, 1.165) is 0 Å². The number of nitrogens with two attached hydrogens (primary N) is 1. The number of primary amides is 1. The third kappa shape index (κ3) is 5.90. The highest BCUT2D eigenvalue weighted by atomic mass is 35.5. The lowest BCUT2D eigenvalue weighted by atomic mass is 10.1. The molecule has 0 saturated carbocycles. The van der Waals surface area contributed by atoms with Crippen molar-refractivity contribution in [3.05, 3.63) is 28.2 Å². The molecular weight excluding hydrogens is 359 g/mol. The molecule has 0 saturated heterocycles. The average molecular weight is 377 g/mol. The minimum Gasteiger partial charge on any atom is -0.477 e. The van der Waals surface area contributed by atoms with E-state index in [4.69, 9.17) is 38.4 Å². The number of ether oxygens (including phenoxy) is 2. The van der Waals surface area contributed by atoms with Gasteiger partial charge in [0.2, 0.25) is 0 Å². The highest BCUT2D eigenvalue weighted by Gasteiger charge is 2.30. The maximum atomic E-state index is 12.1. The van der Waals surface area contributed by atoms with Crippen LogP contribution in [0.2, 0.25) is 10.0 Å². The maximum Gasteiger partial charge on any atom is 0.347 e. The van der Waals surface area contributed by atoms with Crippen molar-refractivity contribution in [1.82, 2.24) is 5.32 Å². The van der Waals surface area contributed by atoms with Gasteiger partial charge in [0.15, 0.2) is 12.2 Å². The molecule has 0 unspecified atom stereocenters. The Balaban J connectivity index is 2.76. The Morgan fingerprint density at radius 2 is 1.79 bits per heavy atom. The first-order valence-corrected chi connectivity index (χ1v) is 7.80. The summed E-state index contributed by atoms with van der Waals surface area (Å²) in [5.41, 5.74) is 4.89. The number of nitrogens with one attached hydrogen (secondary N) is 1. The summed E-state index contributed by atoms with van der Waals surface area (Å²) in [5, 5.41) is 2.53. The molecule has 0 aliphatic rings. The second-order valence-corrected chi connectivity index (χ2v) is 6.13. The molecule has 0 bridgehead atoms. The highest BCUT2D eigenvalue weighted by Crippen LogP contribution is 2.28. The number of urea groups is 1. The monoisotopic (exact) mass is 376 g/mol. The van der Waals surface area contributed by atoms with E-state index < -0.39 is 30.1 Å². The Morgan fingerprint density at radius 1 is 1.17 bits per heavy atom. The minimum absolute atomic E-state index is 0.231. The highest BCUT2D eigenvalue weighted by molar-refractivity contribution is 6.35. The lowest BCUT2D eigenvalue weighted by Crippen LogP contribution is -2.46. The molecule has 24 heavy (non-hydrogen) atoms. The molecule has 0 aliphatic carbocycles. The van der Waals surface area contributed by atoms with E-state index in [1.54, 1.807) is 19.9 Å². The van der Waals surface area contributed by atoms with Crippen LogP contribution in [0.25, 0.3) is 0 Å². The number of rotatable bonds is 6. The van der Waals surface area contributed by atoms with Gasteiger partial charge in [-0.3, -0.25) is 10.1 Å². The fraction of sp³-hybridized carbons (Fsp3) is 0.400. The molecule has 0 aliphatic heterocycles. The van der Waals surface area contributed by atoms with E-state index in [1.807, 2.05) is 5.32 Å². The van der Waals surface area contributed by atoms with E-state index in [9.17, 15) is 14.4 Å². The first kappa shape index (κ1) is 20.1. The van der Waals surface area contributed by atoms with E-state index in [0.29, 0.717) is 5.02 Å². The number of esters is 1. The van der Waals surface area contributed by atoms with Crippen molar-refractivity contribution in [3.63, 3.8) is 0 Å². The summed E-state index contributed by atoms with van der Waals surface area (Å²) in [6.07, 6.45) is -2.22. The standard InChI is InChI=1S/C15H18Cl2N2O5/c1-7(2)12(13(20)19-15(18)22)24-14(21)8(3)23-11-5-4-9(16)6-10(11)17/h4-8,12H,1-3H3,(H3,18,19,20,22)/t8-,12+/m1/s1. The number of imide groups is 1. The lowest BCUT2D eigenvalue weighted by Gasteiger charge is -2.22. The van der Waals surface area contributed by atoms with E-state index in [2.05, 4.69) is 0 Å². The van der Waals surface area contributed by atoms with Gasteiger partial charge in [0, 0.05) is 5.02 Å². The zero-order valence-electron chi connectivity index (χ0n) is 13.3. The van der Waals surface area contributed by atoms with Crippen LogP contribution in [0.3, 0.4) is 0 Å². The molecule has 7 nitrogen and oxygen atoms in total. The Labute approximate surface area is 149 Å². The van der Waals surface area contributed by atoms with Gasteiger partial charge in [-0.25, -0.2) is 9.59 Å².